The summed E-state index contributed by atoms with van der Waals surface area (Å²) >= 11 is 0. The lowest BCUT2D eigenvalue weighted by atomic mass is 9.83. The second kappa shape index (κ2) is 10.3. The summed E-state index contributed by atoms with van der Waals surface area (Å²) in [6, 6.07) is 14.8. The number of anilines is 1. The molecule has 0 unspecified atom stereocenters. The van der Waals surface area contributed by atoms with Gasteiger partial charge in [-0.25, -0.2) is 13.1 Å². The summed E-state index contributed by atoms with van der Waals surface area (Å²) in [6.45, 7) is 0.849. The van der Waals surface area contributed by atoms with Gasteiger partial charge in [-0.15, -0.1) is 0 Å². The van der Waals surface area contributed by atoms with Crippen LogP contribution < -0.4 is 9.62 Å². The second-order valence-electron chi connectivity index (χ2n) is 9.31. The molecule has 1 saturated heterocycles. The topological polar surface area (TPSA) is 58.6 Å². The van der Waals surface area contributed by atoms with Gasteiger partial charge in [0.1, 0.15) is 0 Å². The van der Waals surface area contributed by atoms with Crippen molar-refractivity contribution in [3.05, 3.63) is 65.7 Å². The molecule has 2 aromatic carbocycles. The Balaban J connectivity index is 1.41. The van der Waals surface area contributed by atoms with Gasteiger partial charge in [-0.05, 0) is 67.9 Å². The number of sulfonamides is 1. The Kier molecular flexibility index (Phi) is 7.54. The Labute approximate surface area is 199 Å². The normalized spacial score (nSPS) is 26.1. The number of ether oxygens (including phenoxy) is 1. The molecular weight excluding hydrogens is 465 g/mol. The maximum Gasteiger partial charge on any atom is 0.416 e. The standard InChI is InChI=1S/C25H31F3N2O3S/c1-34(31,32)29-23-15-16-30(21-11-9-20(10-12-21)25(26,27)28)24(23)17-33-22-13-7-19(8-14-22)18-5-3-2-4-6-18/h2-6,9-12,19,22-24,29H,7-8,13-17H2,1H3/t19?,22?,23-,24-/m0/s1. The average Bonchev–Trinajstić information content (AvgIpc) is 3.19. The van der Waals surface area contributed by atoms with Crippen molar-refractivity contribution in [2.45, 2.75) is 62.4 Å². The Morgan fingerprint density at radius 3 is 2.21 bits per heavy atom. The van der Waals surface area contributed by atoms with Crippen LogP contribution >= 0.6 is 0 Å². The number of nitrogens with one attached hydrogen (secondary N) is 1. The van der Waals surface area contributed by atoms with Gasteiger partial charge in [-0.2, -0.15) is 13.2 Å². The molecule has 2 atom stereocenters. The fraction of sp³-hybridized carbons (Fsp3) is 0.520. The first-order valence-corrected chi connectivity index (χ1v) is 13.6. The SMILES string of the molecule is CS(=O)(=O)N[C@H]1CCN(c2ccc(C(F)(F)F)cc2)[C@H]1COC1CCC(c2ccccc2)CC1. The number of benzene rings is 2. The minimum absolute atomic E-state index is 0.0916. The van der Waals surface area contributed by atoms with Crippen LogP contribution in [0.1, 0.15) is 49.1 Å². The molecule has 0 amide bonds. The third-order valence-electron chi connectivity index (χ3n) is 6.89. The minimum atomic E-state index is -4.40. The third kappa shape index (κ3) is 6.31. The van der Waals surface area contributed by atoms with Crippen LogP contribution in [0.3, 0.4) is 0 Å². The molecule has 0 bridgehead atoms. The zero-order valence-corrected chi connectivity index (χ0v) is 20.0. The maximum absolute atomic E-state index is 13.0. The number of hydrogen-bond acceptors (Lipinski definition) is 4. The van der Waals surface area contributed by atoms with Crippen LogP contribution in [0.5, 0.6) is 0 Å². The van der Waals surface area contributed by atoms with E-state index in [9.17, 15) is 21.6 Å². The van der Waals surface area contributed by atoms with Gasteiger partial charge in [0, 0.05) is 18.3 Å². The van der Waals surface area contributed by atoms with Gasteiger partial charge >= 0.3 is 6.18 Å². The van der Waals surface area contributed by atoms with E-state index in [-0.39, 0.29) is 18.2 Å². The van der Waals surface area contributed by atoms with E-state index in [1.807, 2.05) is 11.0 Å². The van der Waals surface area contributed by atoms with Gasteiger partial charge < -0.3 is 9.64 Å². The third-order valence-corrected chi connectivity index (χ3v) is 7.62. The lowest BCUT2D eigenvalue weighted by molar-refractivity contribution is -0.137. The fourth-order valence-corrected chi connectivity index (χ4v) is 5.98. The molecule has 2 aromatic rings. The van der Waals surface area contributed by atoms with Gasteiger partial charge in [0.25, 0.3) is 0 Å². The summed E-state index contributed by atoms with van der Waals surface area (Å²) in [5.41, 5.74) is 1.28. The first kappa shape index (κ1) is 25.0. The van der Waals surface area contributed by atoms with Gasteiger partial charge in [0.15, 0.2) is 0 Å². The summed E-state index contributed by atoms with van der Waals surface area (Å²) < 4.78 is 71.7. The van der Waals surface area contributed by atoms with E-state index in [1.165, 1.54) is 17.7 Å². The number of hydrogen-bond donors (Lipinski definition) is 1. The molecule has 4 rings (SSSR count). The molecule has 1 saturated carbocycles. The molecule has 9 heteroatoms. The van der Waals surface area contributed by atoms with Crippen LogP contribution in [-0.4, -0.2) is 46.0 Å². The summed E-state index contributed by atoms with van der Waals surface area (Å²) in [5, 5.41) is 0. The second-order valence-corrected chi connectivity index (χ2v) is 11.1. The summed E-state index contributed by atoms with van der Waals surface area (Å²) in [5.74, 6) is 0.524. The molecule has 2 fully saturated rings. The summed E-state index contributed by atoms with van der Waals surface area (Å²) in [4.78, 5) is 1.96. The van der Waals surface area contributed by atoms with Crippen LogP contribution in [0.25, 0.3) is 0 Å². The Bertz CT molecular complexity index is 1040. The molecule has 1 N–H and O–H groups in total. The highest BCUT2D eigenvalue weighted by atomic mass is 32.2. The van der Waals surface area contributed by atoms with Crippen molar-refractivity contribution >= 4 is 15.7 Å². The smallest absolute Gasteiger partial charge is 0.376 e. The molecular formula is C25H31F3N2O3S. The Hall–Kier alpha value is -2.10. The molecule has 1 heterocycles. The zero-order valence-electron chi connectivity index (χ0n) is 19.2. The van der Waals surface area contributed by atoms with Crippen molar-refractivity contribution in [1.29, 1.82) is 0 Å². The Morgan fingerprint density at radius 2 is 1.62 bits per heavy atom. The molecule has 0 aromatic heterocycles. The number of halogens is 3. The van der Waals surface area contributed by atoms with Gasteiger partial charge in [0.2, 0.25) is 10.0 Å². The van der Waals surface area contributed by atoms with Crippen molar-refractivity contribution in [1.82, 2.24) is 4.72 Å². The van der Waals surface area contributed by atoms with Crippen LogP contribution in [0, 0.1) is 0 Å². The zero-order chi connectivity index (χ0) is 24.3. The van der Waals surface area contributed by atoms with E-state index in [0.717, 1.165) is 44.1 Å². The van der Waals surface area contributed by atoms with Crippen LogP contribution in [0.2, 0.25) is 0 Å². The lowest BCUT2D eigenvalue weighted by Gasteiger charge is -2.34. The quantitative estimate of drug-likeness (QED) is 0.590. The molecule has 2 aliphatic rings. The monoisotopic (exact) mass is 496 g/mol. The van der Waals surface area contributed by atoms with Gasteiger partial charge in [-0.3, -0.25) is 0 Å². The highest BCUT2D eigenvalue weighted by molar-refractivity contribution is 7.88. The number of alkyl halides is 3. The summed E-state index contributed by atoms with van der Waals surface area (Å²) in [7, 11) is -3.43. The molecule has 186 valence electrons. The minimum Gasteiger partial charge on any atom is -0.376 e. The van der Waals surface area contributed by atoms with Crippen LogP contribution in [-0.2, 0) is 20.9 Å². The van der Waals surface area contributed by atoms with E-state index in [1.54, 1.807) is 0 Å². The summed E-state index contributed by atoms with van der Waals surface area (Å²) in [6.07, 6.45) is 1.30. The lowest BCUT2D eigenvalue weighted by Crippen LogP contribution is -2.48. The Morgan fingerprint density at radius 1 is 0.971 bits per heavy atom. The number of nitrogens with zero attached hydrogens (tertiary/aromatic N) is 1. The molecule has 34 heavy (non-hydrogen) atoms. The van der Waals surface area contributed by atoms with Crippen molar-refractivity contribution in [3.8, 4) is 0 Å². The van der Waals surface area contributed by atoms with E-state index >= 15 is 0 Å². The molecule has 1 aliphatic carbocycles. The first-order valence-electron chi connectivity index (χ1n) is 11.7. The van der Waals surface area contributed by atoms with E-state index in [2.05, 4.69) is 29.0 Å². The average molecular weight is 497 g/mol. The maximum atomic E-state index is 13.0. The first-order chi connectivity index (χ1) is 16.1. The molecule has 5 nitrogen and oxygen atoms in total. The van der Waals surface area contributed by atoms with Crippen molar-refractivity contribution in [3.63, 3.8) is 0 Å². The van der Waals surface area contributed by atoms with Gasteiger partial charge in [-0.1, -0.05) is 30.3 Å². The van der Waals surface area contributed by atoms with Gasteiger partial charge in [0.05, 0.1) is 30.6 Å². The van der Waals surface area contributed by atoms with Crippen LogP contribution in [0.15, 0.2) is 54.6 Å². The predicted molar refractivity (Wildman–Crippen MR) is 126 cm³/mol. The largest absolute Gasteiger partial charge is 0.416 e. The van der Waals surface area contributed by atoms with E-state index < -0.39 is 21.8 Å². The van der Waals surface area contributed by atoms with Crippen molar-refractivity contribution in [2.75, 3.05) is 24.3 Å². The fourth-order valence-electron chi connectivity index (χ4n) is 5.16. The van der Waals surface area contributed by atoms with E-state index in [0.29, 0.717) is 31.2 Å². The van der Waals surface area contributed by atoms with Crippen molar-refractivity contribution < 1.29 is 26.3 Å². The van der Waals surface area contributed by atoms with E-state index in [4.69, 9.17) is 4.74 Å². The molecule has 0 radical (unpaired) electrons. The predicted octanol–water partition coefficient (Wildman–Crippen LogP) is 4.94. The van der Waals surface area contributed by atoms with Crippen molar-refractivity contribution in [2.24, 2.45) is 0 Å². The molecule has 1 aliphatic heterocycles. The highest BCUT2D eigenvalue weighted by Gasteiger charge is 2.37. The molecule has 0 spiro atoms. The van der Waals surface area contributed by atoms with Crippen LogP contribution in [0.4, 0.5) is 18.9 Å². The highest BCUT2D eigenvalue weighted by Crippen LogP contribution is 2.35. The number of rotatable bonds is 7.